The third-order valence-corrected chi connectivity index (χ3v) is 4.18. The number of carbonyl (C=O) groups is 1. The molecule has 0 saturated carbocycles. The fourth-order valence-electron chi connectivity index (χ4n) is 3.07. The molecule has 0 unspecified atom stereocenters. The topological polar surface area (TPSA) is 64.1 Å². The lowest BCUT2D eigenvalue weighted by atomic mass is 10.2. The first kappa shape index (κ1) is 15.2. The van der Waals surface area contributed by atoms with E-state index in [9.17, 15) is 9.59 Å². The number of ether oxygens (including phenoxy) is 1. The molecular weight excluding hydrogens is 316 g/mol. The highest BCUT2D eigenvalue weighted by Gasteiger charge is 2.12. The molecule has 0 radical (unpaired) electrons. The molecule has 2 aromatic carbocycles. The highest BCUT2D eigenvalue weighted by molar-refractivity contribution is 6.05. The number of para-hydroxylation sites is 1. The van der Waals surface area contributed by atoms with Gasteiger partial charge in [0.1, 0.15) is 0 Å². The molecule has 0 spiro atoms. The summed E-state index contributed by atoms with van der Waals surface area (Å²) >= 11 is 0. The van der Waals surface area contributed by atoms with Gasteiger partial charge < -0.3 is 9.72 Å². The average molecular weight is 332 g/mol. The molecular formula is C20H16N2O3. The Morgan fingerprint density at radius 2 is 1.76 bits per heavy atom. The van der Waals surface area contributed by atoms with E-state index < -0.39 is 0 Å². The largest absolute Gasteiger partial charge is 0.462 e. The van der Waals surface area contributed by atoms with Gasteiger partial charge in [-0.15, -0.1) is 0 Å². The molecule has 0 saturated heterocycles. The summed E-state index contributed by atoms with van der Waals surface area (Å²) in [6.45, 7) is 2.10. The molecule has 2 aromatic heterocycles. The van der Waals surface area contributed by atoms with Crippen LogP contribution in [0.1, 0.15) is 17.3 Å². The quantitative estimate of drug-likeness (QED) is 0.583. The number of nitrogens with one attached hydrogen (secondary N) is 1. The van der Waals surface area contributed by atoms with Crippen molar-refractivity contribution in [1.82, 2.24) is 9.55 Å². The minimum absolute atomic E-state index is 0.124. The predicted octanol–water partition coefficient (Wildman–Crippen LogP) is 3.65. The van der Waals surface area contributed by atoms with E-state index in [2.05, 4.69) is 4.98 Å². The van der Waals surface area contributed by atoms with Gasteiger partial charge in [-0.3, -0.25) is 9.36 Å². The van der Waals surface area contributed by atoms with Crippen LogP contribution in [0.3, 0.4) is 0 Å². The first-order valence-electron chi connectivity index (χ1n) is 8.09. The number of benzene rings is 2. The Kier molecular flexibility index (Phi) is 3.61. The maximum absolute atomic E-state index is 12.6. The number of rotatable bonds is 3. The first-order chi connectivity index (χ1) is 12.2. The fraction of sp³-hybridized carbons (Fsp3) is 0.100. The number of nitrogens with zero attached hydrogens (tertiary/aromatic N) is 1. The summed E-state index contributed by atoms with van der Waals surface area (Å²) in [4.78, 5) is 27.7. The van der Waals surface area contributed by atoms with E-state index >= 15 is 0 Å². The summed E-state index contributed by atoms with van der Waals surface area (Å²) in [7, 11) is 0. The number of aromatic amines is 1. The van der Waals surface area contributed by atoms with Crippen molar-refractivity contribution in [2.24, 2.45) is 0 Å². The third-order valence-electron chi connectivity index (χ3n) is 4.18. The van der Waals surface area contributed by atoms with Crippen molar-refractivity contribution in [3.8, 4) is 5.69 Å². The van der Waals surface area contributed by atoms with Gasteiger partial charge in [0.2, 0.25) is 0 Å². The Hall–Kier alpha value is -3.34. The van der Waals surface area contributed by atoms with Gasteiger partial charge in [-0.2, -0.15) is 0 Å². The molecule has 0 bridgehead atoms. The van der Waals surface area contributed by atoms with Crippen molar-refractivity contribution in [3.05, 3.63) is 76.6 Å². The van der Waals surface area contributed by atoms with Crippen molar-refractivity contribution in [2.45, 2.75) is 6.92 Å². The van der Waals surface area contributed by atoms with Crippen molar-refractivity contribution in [1.29, 1.82) is 0 Å². The number of hydrogen-bond acceptors (Lipinski definition) is 3. The van der Waals surface area contributed by atoms with Crippen molar-refractivity contribution in [3.63, 3.8) is 0 Å². The van der Waals surface area contributed by atoms with Gasteiger partial charge in [0.05, 0.1) is 23.2 Å². The van der Waals surface area contributed by atoms with Crippen molar-refractivity contribution < 1.29 is 9.53 Å². The second kappa shape index (κ2) is 5.94. The lowest BCUT2D eigenvalue weighted by Crippen LogP contribution is -2.17. The van der Waals surface area contributed by atoms with Gasteiger partial charge in [-0.1, -0.05) is 18.2 Å². The van der Waals surface area contributed by atoms with Crippen LogP contribution in [0, 0.1) is 0 Å². The van der Waals surface area contributed by atoms with Gasteiger partial charge in [-0.25, -0.2) is 4.79 Å². The molecule has 5 heteroatoms. The Morgan fingerprint density at radius 1 is 1.00 bits per heavy atom. The van der Waals surface area contributed by atoms with E-state index in [1.165, 1.54) is 6.07 Å². The lowest BCUT2D eigenvalue weighted by molar-refractivity contribution is 0.0526. The van der Waals surface area contributed by atoms with Crippen LogP contribution in [0.15, 0.2) is 65.5 Å². The summed E-state index contributed by atoms with van der Waals surface area (Å²) < 4.78 is 6.66. The minimum Gasteiger partial charge on any atom is -0.462 e. The van der Waals surface area contributed by atoms with E-state index in [1.807, 2.05) is 24.3 Å². The summed E-state index contributed by atoms with van der Waals surface area (Å²) in [5.74, 6) is -0.369. The van der Waals surface area contributed by atoms with Crippen LogP contribution in [0.5, 0.6) is 0 Å². The monoisotopic (exact) mass is 332 g/mol. The molecule has 0 fully saturated rings. The zero-order chi connectivity index (χ0) is 17.4. The molecule has 0 atom stereocenters. The van der Waals surface area contributed by atoms with Crippen molar-refractivity contribution >= 4 is 27.9 Å². The smallest absolute Gasteiger partial charge is 0.338 e. The van der Waals surface area contributed by atoms with Gasteiger partial charge in [0, 0.05) is 22.7 Å². The summed E-state index contributed by atoms with van der Waals surface area (Å²) in [5.41, 5.74) is 3.72. The number of hydrogen-bond donors (Lipinski definition) is 1. The van der Waals surface area contributed by atoms with Crippen LogP contribution in [-0.4, -0.2) is 22.1 Å². The average Bonchev–Trinajstić information content (AvgIpc) is 3.01. The number of fused-ring (bicyclic) bond motifs is 3. The molecule has 25 heavy (non-hydrogen) atoms. The van der Waals surface area contributed by atoms with Gasteiger partial charge in [0.15, 0.2) is 0 Å². The van der Waals surface area contributed by atoms with Crippen LogP contribution in [0.4, 0.5) is 0 Å². The Morgan fingerprint density at radius 3 is 2.52 bits per heavy atom. The second-order valence-corrected chi connectivity index (χ2v) is 5.71. The molecule has 0 aliphatic rings. The normalized spacial score (nSPS) is 11.1. The SMILES string of the molecule is CCOC(=O)c1ccc(-n2c(=O)ccc3[nH]c4ccccc4c32)cc1. The molecule has 2 heterocycles. The van der Waals surface area contributed by atoms with E-state index in [1.54, 1.807) is 41.8 Å². The van der Waals surface area contributed by atoms with E-state index in [0.717, 1.165) is 21.9 Å². The number of esters is 1. The van der Waals surface area contributed by atoms with Gasteiger partial charge >= 0.3 is 5.97 Å². The van der Waals surface area contributed by atoms with Crippen LogP contribution in [-0.2, 0) is 4.74 Å². The van der Waals surface area contributed by atoms with Crippen LogP contribution in [0.25, 0.3) is 27.6 Å². The zero-order valence-electron chi connectivity index (χ0n) is 13.7. The van der Waals surface area contributed by atoms with Crippen molar-refractivity contribution in [2.75, 3.05) is 6.61 Å². The number of carbonyl (C=O) groups excluding carboxylic acids is 1. The van der Waals surface area contributed by atoms with E-state index in [0.29, 0.717) is 17.9 Å². The van der Waals surface area contributed by atoms with Crippen LogP contribution < -0.4 is 5.56 Å². The second-order valence-electron chi connectivity index (χ2n) is 5.71. The maximum atomic E-state index is 12.6. The molecule has 124 valence electrons. The molecule has 4 rings (SSSR count). The molecule has 4 aromatic rings. The molecule has 0 amide bonds. The zero-order valence-corrected chi connectivity index (χ0v) is 13.7. The van der Waals surface area contributed by atoms with Gasteiger partial charge in [0.25, 0.3) is 5.56 Å². The fourth-order valence-corrected chi connectivity index (χ4v) is 3.07. The standard InChI is InChI=1S/C20H16N2O3/c1-2-25-20(24)13-7-9-14(10-8-13)22-18(23)12-11-17-19(22)15-5-3-4-6-16(15)21-17/h3-12,21H,2H2,1H3. The number of aromatic nitrogens is 2. The minimum atomic E-state index is -0.369. The third kappa shape index (κ3) is 2.50. The van der Waals surface area contributed by atoms with E-state index in [4.69, 9.17) is 4.74 Å². The number of H-pyrrole nitrogens is 1. The molecule has 5 nitrogen and oxygen atoms in total. The molecule has 1 N–H and O–H groups in total. The predicted molar refractivity (Wildman–Crippen MR) is 97.4 cm³/mol. The summed E-state index contributed by atoms with van der Waals surface area (Å²) in [6.07, 6.45) is 0. The Labute approximate surface area is 143 Å². The first-order valence-corrected chi connectivity index (χ1v) is 8.09. The van der Waals surface area contributed by atoms with Gasteiger partial charge in [-0.05, 0) is 43.3 Å². The summed E-state index contributed by atoms with van der Waals surface area (Å²) in [5, 5.41) is 0.977. The van der Waals surface area contributed by atoms with E-state index in [-0.39, 0.29) is 11.5 Å². The van der Waals surface area contributed by atoms with Crippen LogP contribution >= 0.6 is 0 Å². The Balaban J connectivity index is 1.93. The molecule has 0 aliphatic carbocycles. The number of pyridine rings is 1. The molecule has 0 aliphatic heterocycles. The maximum Gasteiger partial charge on any atom is 0.338 e. The Bertz CT molecular complexity index is 1140. The highest BCUT2D eigenvalue weighted by atomic mass is 16.5. The highest BCUT2D eigenvalue weighted by Crippen LogP contribution is 2.26. The summed E-state index contributed by atoms with van der Waals surface area (Å²) in [6, 6.07) is 18.1. The van der Waals surface area contributed by atoms with Crippen LogP contribution in [0.2, 0.25) is 0 Å². The lowest BCUT2D eigenvalue weighted by Gasteiger charge is -2.09.